The first-order chi connectivity index (χ1) is 9.94. The van der Waals surface area contributed by atoms with Crippen LogP contribution in [0.15, 0.2) is 36.5 Å². The van der Waals surface area contributed by atoms with Gasteiger partial charge in [-0.3, -0.25) is 4.98 Å². The lowest BCUT2D eigenvalue weighted by molar-refractivity contribution is 0.125. The van der Waals surface area contributed by atoms with E-state index in [1.165, 1.54) is 0 Å². The van der Waals surface area contributed by atoms with Crippen molar-refractivity contribution in [3.8, 4) is 5.88 Å². The van der Waals surface area contributed by atoms with Crippen LogP contribution in [0.3, 0.4) is 0 Å². The number of aromatic nitrogens is 2. The highest BCUT2D eigenvalue weighted by molar-refractivity contribution is 5.53. The van der Waals surface area contributed by atoms with E-state index in [2.05, 4.69) is 15.3 Å². The summed E-state index contributed by atoms with van der Waals surface area (Å²) in [5.74, 6) is 1.21. The Morgan fingerprint density at radius 1 is 1.19 bits per heavy atom. The molecule has 112 valence electrons. The van der Waals surface area contributed by atoms with Gasteiger partial charge in [-0.2, -0.15) is 4.98 Å². The van der Waals surface area contributed by atoms with Crippen LogP contribution in [0, 0.1) is 0 Å². The number of hydrogen-bond donors (Lipinski definition) is 2. The smallest absolute Gasteiger partial charge is 0.239 e. The molecule has 0 aliphatic heterocycles. The van der Waals surface area contributed by atoms with Gasteiger partial charge in [-0.1, -0.05) is 6.07 Å². The van der Waals surface area contributed by atoms with E-state index in [0.29, 0.717) is 11.6 Å². The number of nitrogen functional groups attached to an aromatic ring is 1. The van der Waals surface area contributed by atoms with Gasteiger partial charge in [-0.15, -0.1) is 0 Å². The zero-order chi connectivity index (χ0) is 15.3. The third-order valence-electron chi connectivity index (χ3n) is 2.71. The van der Waals surface area contributed by atoms with Crippen molar-refractivity contribution in [2.45, 2.75) is 32.8 Å². The van der Waals surface area contributed by atoms with Crippen LogP contribution in [0.2, 0.25) is 0 Å². The summed E-state index contributed by atoms with van der Waals surface area (Å²) in [7, 11) is 0. The van der Waals surface area contributed by atoms with Gasteiger partial charge in [0.1, 0.15) is 11.4 Å². The maximum Gasteiger partial charge on any atom is 0.239 e. The average Bonchev–Trinajstić information content (AvgIpc) is 2.42. The zero-order valence-corrected chi connectivity index (χ0v) is 12.8. The van der Waals surface area contributed by atoms with Gasteiger partial charge >= 0.3 is 0 Å². The molecule has 0 amide bonds. The SMILES string of the molecule is CC(C)(C)Oc1nc(NCCc2ccccn2)ccc1N. The third-order valence-corrected chi connectivity index (χ3v) is 2.71. The van der Waals surface area contributed by atoms with Gasteiger partial charge in [0.05, 0.1) is 5.69 Å². The van der Waals surface area contributed by atoms with Crippen molar-refractivity contribution in [3.05, 3.63) is 42.2 Å². The number of ether oxygens (including phenoxy) is 1. The third kappa shape index (κ3) is 4.95. The van der Waals surface area contributed by atoms with Crippen molar-refractivity contribution in [2.75, 3.05) is 17.6 Å². The maximum absolute atomic E-state index is 5.89. The summed E-state index contributed by atoms with van der Waals surface area (Å²) < 4.78 is 5.75. The molecule has 2 rings (SSSR count). The molecule has 0 aliphatic rings. The van der Waals surface area contributed by atoms with Gasteiger partial charge in [-0.05, 0) is 45.0 Å². The van der Waals surface area contributed by atoms with Crippen molar-refractivity contribution in [1.29, 1.82) is 0 Å². The van der Waals surface area contributed by atoms with Crippen LogP contribution in [0.1, 0.15) is 26.5 Å². The first kappa shape index (κ1) is 15.1. The van der Waals surface area contributed by atoms with E-state index in [1.54, 1.807) is 12.3 Å². The Balaban J connectivity index is 1.96. The fourth-order valence-corrected chi connectivity index (χ4v) is 1.79. The minimum atomic E-state index is -0.326. The van der Waals surface area contributed by atoms with Crippen molar-refractivity contribution in [3.63, 3.8) is 0 Å². The molecular weight excluding hydrogens is 264 g/mol. The molecule has 2 aromatic rings. The minimum absolute atomic E-state index is 0.326. The van der Waals surface area contributed by atoms with Crippen LogP contribution in [0.25, 0.3) is 0 Å². The lowest BCUT2D eigenvalue weighted by atomic mass is 10.2. The first-order valence-corrected chi connectivity index (χ1v) is 7.03. The van der Waals surface area contributed by atoms with Gasteiger partial charge in [0.15, 0.2) is 0 Å². The fraction of sp³-hybridized carbons (Fsp3) is 0.375. The van der Waals surface area contributed by atoms with Crippen LogP contribution >= 0.6 is 0 Å². The number of anilines is 2. The molecule has 0 atom stereocenters. The standard InChI is InChI=1S/C16H22N4O/c1-16(2,3)21-15-13(17)7-8-14(20-15)19-11-9-12-6-4-5-10-18-12/h4-8,10H,9,11,17H2,1-3H3,(H,19,20). The fourth-order valence-electron chi connectivity index (χ4n) is 1.79. The van der Waals surface area contributed by atoms with E-state index >= 15 is 0 Å². The second kappa shape index (κ2) is 6.43. The summed E-state index contributed by atoms with van der Waals surface area (Å²) in [6, 6.07) is 9.56. The van der Waals surface area contributed by atoms with Gasteiger partial charge in [0, 0.05) is 24.9 Å². The zero-order valence-electron chi connectivity index (χ0n) is 12.8. The molecule has 5 heteroatoms. The lowest BCUT2D eigenvalue weighted by Gasteiger charge is -2.21. The Hall–Kier alpha value is -2.30. The Morgan fingerprint density at radius 2 is 2.00 bits per heavy atom. The van der Waals surface area contributed by atoms with Gasteiger partial charge in [0.25, 0.3) is 0 Å². The van der Waals surface area contributed by atoms with Gasteiger partial charge in [-0.25, -0.2) is 0 Å². The first-order valence-electron chi connectivity index (χ1n) is 7.03. The molecule has 0 unspecified atom stereocenters. The van der Waals surface area contributed by atoms with Crippen molar-refractivity contribution in [2.24, 2.45) is 0 Å². The molecule has 5 nitrogen and oxygen atoms in total. The molecule has 0 spiro atoms. The van der Waals surface area contributed by atoms with E-state index in [9.17, 15) is 0 Å². The van der Waals surface area contributed by atoms with Crippen LogP contribution in [0.4, 0.5) is 11.5 Å². The van der Waals surface area contributed by atoms with E-state index in [-0.39, 0.29) is 5.60 Å². The van der Waals surface area contributed by atoms with E-state index in [4.69, 9.17) is 10.5 Å². The molecular formula is C16H22N4O. The molecule has 0 fully saturated rings. The number of nitrogens with one attached hydrogen (secondary N) is 1. The summed E-state index contributed by atoms with van der Waals surface area (Å²) in [4.78, 5) is 8.70. The largest absolute Gasteiger partial charge is 0.470 e. The normalized spacial score (nSPS) is 11.2. The molecule has 21 heavy (non-hydrogen) atoms. The van der Waals surface area contributed by atoms with Crippen LogP contribution < -0.4 is 15.8 Å². The van der Waals surface area contributed by atoms with Crippen molar-refractivity contribution < 1.29 is 4.74 Å². The Morgan fingerprint density at radius 3 is 2.67 bits per heavy atom. The highest BCUT2D eigenvalue weighted by atomic mass is 16.5. The number of hydrogen-bond acceptors (Lipinski definition) is 5. The maximum atomic E-state index is 5.89. The monoisotopic (exact) mass is 286 g/mol. The quantitative estimate of drug-likeness (QED) is 0.884. The van der Waals surface area contributed by atoms with Crippen LogP contribution in [-0.4, -0.2) is 22.1 Å². The predicted molar refractivity (Wildman–Crippen MR) is 85.5 cm³/mol. The second-order valence-electron chi connectivity index (χ2n) is 5.80. The average molecular weight is 286 g/mol. The molecule has 0 aromatic carbocycles. The predicted octanol–water partition coefficient (Wildman–Crippen LogP) is 2.89. The van der Waals surface area contributed by atoms with Crippen molar-refractivity contribution in [1.82, 2.24) is 9.97 Å². The number of pyridine rings is 2. The summed E-state index contributed by atoms with van der Waals surface area (Å²) in [6.45, 7) is 6.66. The number of nitrogens with zero attached hydrogens (tertiary/aromatic N) is 2. The minimum Gasteiger partial charge on any atom is -0.470 e. The topological polar surface area (TPSA) is 73.1 Å². The Kier molecular flexibility index (Phi) is 4.62. The highest BCUT2D eigenvalue weighted by Gasteiger charge is 2.15. The number of rotatable bonds is 5. The summed E-state index contributed by atoms with van der Waals surface area (Å²) in [5, 5.41) is 3.26. The Bertz CT molecular complexity index is 579. The number of nitrogens with two attached hydrogens (primary N) is 1. The summed E-state index contributed by atoms with van der Waals surface area (Å²) in [5.41, 5.74) is 7.16. The molecule has 0 bridgehead atoms. The molecule has 3 N–H and O–H groups in total. The van der Waals surface area contributed by atoms with Crippen LogP contribution in [0.5, 0.6) is 5.88 Å². The molecule has 0 aliphatic carbocycles. The molecule has 0 saturated carbocycles. The highest BCUT2D eigenvalue weighted by Crippen LogP contribution is 2.24. The molecule has 2 aromatic heterocycles. The van der Waals surface area contributed by atoms with E-state index < -0.39 is 0 Å². The lowest BCUT2D eigenvalue weighted by Crippen LogP contribution is -2.24. The van der Waals surface area contributed by atoms with Crippen LogP contribution in [-0.2, 0) is 6.42 Å². The molecule has 0 saturated heterocycles. The van der Waals surface area contributed by atoms with E-state index in [1.807, 2.05) is 45.0 Å². The summed E-state index contributed by atoms with van der Waals surface area (Å²) in [6.07, 6.45) is 2.63. The van der Waals surface area contributed by atoms with Gasteiger partial charge in [0.2, 0.25) is 5.88 Å². The molecule has 0 radical (unpaired) electrons. The van der Waals surface area contributed by atoms with E-state index in [0.717, 1.165) is 24.5 Å². The van der Waals surface area contributed by atoms with Crippen molar-refractivity contribution >= 4 is 11.5 Å². The second-order valence-corrected chi connectivity index (χ2v) is 5.80. The molecule has 2 heterocycles. The van der Waals surface area contributed by atoms with Gasteiger partial charge < -0.3 is 15.8 Å². The summed E-state index contributed by atoms with van der Waals surface area (Å²) >= 11 is 0. The Labute approximate surface area is 125 Å².